The van der Waals surface area contributed by atoms with Gasteiger partial charge in [0.05, 0.1) is 11.6 Å². The summed E-state index contributed by atoms with van der Waals surface area (Å²) < 4.78 is 6.12. The summed E-state index contributed by atoms with van der Waals surface area (Å²) in [7, 11) is 1.63. The second kappa shape index (κ2) is 6.83. The van der Waals surface area contributed by atoms with Crippen LogP contribution in [0.5, 0.6) is 17.2 Å². The number of ether oxygens (including phenoxy) is 1. The lowest BCUT2D eigenvalue weighted by molar-refractivity contribution is 0.411. The van der Waals surface area contributed by atoms with E-state index in [0.29, 0.717) is 6.54 Å². The van der Waals surface area contributed by atoms with Crippen molar-refractivity contribution in [1.29, 1.82) is 0 Å². The van der Waals surface area contributed by atoms with Crippen LogP contribution in [0.15, 0.2) is 40.9 Å². The monoisotopic (exact) mass is 351 g/mol. The quantitative estimate of drug-likeness (QED) is 0.768. The van der Waals surface area contributed by atoms with Crippen LogP contribution in [0.25, 0.3) is 0 Å². The summed E-state index contributed by atoms with van der Waals surface area (Å²) >= 11 is 3.47. The highest BCUT2D eigenvalue weighted by Gasteiger charge is 2.09. The van der Waals surface area contributed by atoms with Crippen molar-refractivity contribution >= 4 is 15.9 Å². The Balaban J connectivity index is 2.04. The van der Waals surface area contributed by atoms with Crippen molar-refractivity contribution in [2.75, 3.05) is 7.11 Å². The van der Waals surface area contributed by atoms with Gasteiger partial charge in [-0.3, -0.25) is 0 Å². The van der Waals surface area contributed by atoms with Crippen molar-refractivity contribution in [3.8, 4) is 17.2 Å². The van der Waals surface area contributed by atoms with Gasteiger partial charge >= 0.3 is 0 Å². The number of benzene rings is 2. The van der Waals surface area contributed by atoms with E-state index in [0.717, 1.165) is 21.3 Å². The zero-order valence-electron chi connectivity index (χ0n) is 11.9. The molecule has 0 radical (unpaired) electrons. The molecular weight excluding hydrogens is 334 g/mol. The molecular formula is C16H18BrNO3. The van der Waals surface area contributed by atoms with Gasteiger partial charge < -0.3 is 20.3 Å². The lowest BCUT2D eigenvalue weighted by atomic mass is 10.1. The summed E-state index contributed by atoms with van der Waals surface area (Å²) in [6.45, 7) is 2.56. The van der Waals surface area contributed by atoms with Crippen LogP contribution in [0.1, 0.15) is 24.1 Å². The number of hydrogen-bond donors (Lipinski definition) is 3. The Hall–Kier alpha value is -1.72. The fourth-order valence-corrected chi connectivity index (χ4v) is 2.59. The Kier molecular flexibility index (Phi) is 5.09. The molecule has 0 bridgehead atoms. The Morgan fingerprint density at radius 2 is 1.95 bits per heavy atom. The van der Waals surface area contributed by atoms with Crippen molar-refractivity contribution in [1.82, 2.24) is 5.32 Å². The third-order valence-electron chi connectivity index (χ3n) is 3.34. The van der Waals surface area contributed by atoms with Crippen LogP contribution in [0.4, 0.5) is 0 Å². The number of hydrogen-bond acceptors (Lipinski definition) is 4. The maximum absolute atomic E-state index is 9.76. The molecule has 2 rings (SSSR count). The average molecular weight is 352 g/mol. The van der Waals surface area contributed by atoms with E-state index in [1.807, 2.05) is 25.1 Å². The first kappa shape index (κ1) is 15.7. The van der Waals surface area contributed by atoms with E-state index >= 15 is 0 Å². The summed E-state index contributed by atoms with van der Waals surface area (Å²) in [6.07, 6.45) is 0. The molecule has 0 fully saturated rings. The van der Waals surface area contributed by atoms with E-state index in [2.05, 4.69) is 21.2 Å². The van der Waals surface area contributed by atoms with Crippen molar-refractivity contribution in [2.24, 2.45) is 0 Å². The largest absolute Gasteiger partial charge is 0.508 e. The molecule has 0 spiro atoms. The predicted octanol–water partition coefficient (Wildman–Crippen LogP) is 3.72. The minimum absolute atomic E-state index is 0.0587. The minimum atomic E-state index is 0.0587. The molecule has 4 nitrogen and oxygen atoms in total. The van der Waals surface area contributed by atoms with E-state index in [4.69, 9.17) is 4.74 Å². The van der Waals surface area contributed by atoms with Crippen molar-refractivity contribution in [3.05, 3.63) is 52.0 Å². The standard InChI is InChI=1S/C16H18BrNO3/c1-10(11-4-6-16(21-2)14(17)7-11)18-9-12-3-5-13(19)8-15(12)20/h3-8,10,18-20H,9H2,1-2H3. The average Bonchev–Trinajstić information content (AvgIpc) is 2.46. The predicted molar refractivity (Wildman–Crippen MR) is 85.7 cm³/mol. The maximum Gasteiger partial charge on any atom is 0.133 e. The van der Waals surface area contributed by atoms with Crippen LogP contribution >= 0.6 is 15.9 Å². The van der Waals surface area contributed by atoms with Gasteiger partial charge in [-0.1, -0.05) is 12.1 Å². The molecule has 21 heavy (non-hydrogen) atoms. The second-order valence-corrected chi connectivity index (χ2v) is 5.66. The molecule has 2 aromatic rings. The van der Waals surface area contributed by atoms with Gasteiger partial charge in [0, 0.05) is 24.2 Å². The molecule has 0 heterocycles. The fraction of sp³-hybridized carbons (Fsp3) is 0.250. The SMILES string of the molecule is COc1ccc(C(C)NCc2ccc(O)cc2O)cc1Br. The van der Waals surface area contributed by atoms with Gasteiger partial charge in [0.2, 0.25) is 0 Å². The first-order chi connectivity index (χ1) is 10.0. The summed E-state index contributed by atoms with van der Waals surface area (Å²) in [5.41, 5.74) is 1.85. The zero-order valence-corrected chi connectivity index (χ0v) is 13.5. The molecule has 0 aromatic heterocycles. The van der Waals surface area contributed by atoms with Gasteiger partial charge in [-0.2, -0.15) is 0 Å². The first-order valence-electron chi connectivity index (χ1n) is 6.59. The highest BCUT2D eigenvalue weighted by molar-refractivity contribution is 9.10. The summed E-state index contributed by atoms with van der Waals surface area (Å²) in [5, 5.41) is 22.4. The maximum atomic E-state index is 9.76. The second-order valence-electron chi connectivity index (χ2n) is 4.81. The van der Waals surface area contributed by atoms with Crippen LogP contribution in [-0.4, -0.2) is 17.3 Å². The van der Waals surface area contributed by atoms with E-state index < -0.39 is 0 Å². The molecule has 5 heteroatoms. The van der Waals surface area contributed by atoms with Crippen LogP contribution in [-0.2, 0) is 6.54 Å². The van der Waals surface area contributed by atoms with E-state index in [9.17, 15) is 10.2 Å². The highest BCUT2D eigenvalue weighted by atomic mass is 79.9. The van der Waals surface area contributed by atoms with Crippen molar-refractivity contribution < 1.29 is 14.9 Å². The molecule has 0 aliphatic heterocycles. The van der Waals surface area contributed by atoms with Crippen molar-refractivity contribution in [2.45, 2.75) is 19.5 Å². The number of phenolic OH excluding ortho intramolecular Hbond substituents is 2. The van der Waals surface area contributed by atoms with Crippen LogP contribution in [0.2, 0.25) is 0 Å². The zero-order chi connectivity index (χ0) is 15.4. The Morgan fingerprint density at radius 3 is 2.57 bits per heavy atom. The molecule has 0 aliphatic carbocycles. The number of methoxy groups -OCH3 is 1. The Bertz CT molecular complexity index is 631. The smallest absolute Gasteiger partial charge is 0.133 e. The van der Waals surface area contributed by atoms with Gasteiger partial charge in [-0.25, -0.2) is 0 Å². The van der Waals surface area contributed by atoms with Gasteiger partial charge in [0.15, 0.2) is 0 Å². The molecule has 0 amide bonds. The Labute approximate surface area is 132 Å². The van der Waals surface area contributed by atoms with Crippen LogP contribution in [0, 0.1) is 0 Å². The summed E-state index contributed by atoms with van der Waals surface area (Å²) in [6, 6.07) is 10.6. The number of rotatable bonds is 5. The fourth-order valence-electron chi connectivity index (χ4n) is 2.03. The molecule has 3 N–H and O–H groups in total. The lowest BCUT2D eigenvalue weighted by Gasteiger charge is -2.16. The van der Waals surface area contributed by atoms with Gasteiger partial charge in [0.1, 0.15) is 17.2 Å². The summed E-state index contributed by atoms with van der Waals surface area (Å²) in [5.74, 6) is 0.941. The molecule has 1 unspecified atom stereocenters. The molecule has 2 aromatic carbocycles. The Morgan fingerprint density at radius 1 is 1.19 bits per heavy atom. The normalized spacial score (nSPS) is 12.1. The molecule has 0 aliphatic rings. The van der Waals surface area contributed by atoms with E-state index in [-0.39, 0.29) is 17.5 Å². The van der Waals surface area contributed by atoms with Gasteiger partial charge in [0.25, 0.3) is 0 Å². The molecule has 112 valence electrons. The summed E-state index contributed by atoms with van der Waals surface area (Å²) in [4.78, 5) is 0. The minimum Gasteiger partial charge on any atom is -0.508 e. The number of nitrogens with one attached hydrogen (secondary N) is 1. The van der Waals surface area contributed by atoms with E-state index in [1.165, 1.54) is 6.07 Å². The number of halogens is 1. The third-order valence-corrected chi connectivity index (χ3v) is 3.96. The topological polar surface area (TPSA) is 61.7 Å². The van der Waals surface area contributed by atoms with Gasteiger partial charge in [-0.05, 0) is 46.6 Å². The molecule has 0 saturated carbocycles. The first-order valence-corrected chi connectivity index (χ1v) is 7.38. The van der Waals surface area contributed by atoms with Crippen molar-refractivity contribution in [3.63, 3.8) is 0 Å². The van der Waals surface area contributed by atoms with Crippen LogP contribution in [0.3, 0.4) is 0 Å². The molecule has 0 saturated heterocycles. The highest BCUT2D eigenvalue weighted by Crippen LogP contribution is 2.28. The number of aromatic hydroxyl groups is 2. The molecule has 1 atom stereocenters. The van der Waals surface area contributed by atoms with Crippen LogP contribution < -0.4 is 10.1 Å². The lowest BCUT2D eigenvalue weighted by Crippen LogP contribution is -2.18. The van der Waals surface area contributed by atoms with Gasteiger partial charge in [-0.15, -0.1) is 0 Å². The third kappa shape index (κ3) is 3.89. The van der Waals surface area contributed by atoms with E-state index in [1.54, 1.807) is 19.2 Å². The number of phenols is 2.